The molecule has 12 heteroatoms. The number of carbonyl (C=O) groups excluding carboxylic acids is 4. The zero-order chi connectivity index (χ0) is 47.1. The summed E-state index contributed by atoms with van der Waals surface area (Å²) in [6, 6.07) is 28.4. The van der Waals surface area contributed by atoms with Gasteiger partial charge in [-0.15, -0.1) is 0 Å². The van der Waals surface area contributed by atoms with E-state index in [1.54, 1.807) is 24.3 Å². The summed E-state index contributed by atoms with van der Waals surface area (Å²) in [4.78, 5) is 45.4. The van der Waals surface area contributed by atoms with E-state index >= 15 is 0 Å². The van der Waals surface area contributed by atoms with Gasteiger partial charge in [-0.25, -0.2) is 8.78 Å². The molecule has 0 saturated heterocycles. The molecule has 0 bridgehead atoms. The Morgan fingerprint density at radius 2 is 0.848 bits per heavy atom. The average molecular weight is 1100 g/mol. The number of benzene rings is 6. The highest BCUT2D eigenvalue weighted by Gasteiger charge is 2.22. The van der Waals surface area contributed by atoms with Gasteiger partial charge in [0.05, 0.1) is 10.0 Å². The van der Waals surface area contributed by atoms with E-state index in [1.807, 2.05) is 48.5 Å². The van der Waals surface area contributed by atoms with Crippen molar-refractivity contribution in [1.29, 1.82) is 0 Å². The highest BCUT2D eigenvalue weighted by Crippen LogP contribution is 2.34. The highest BCUT2D eigenvalue weighted by molar-refractivity contribution is 9.11. The number of Topliss-reactive ketones (excluding diaryl/α,β-unsaturated/α-hetero) is 4. The maximum Gasteiger partial charge on any atom is 0.137 e. The molecule has 4 nitrogen and oxygen atoms in total. The molecular formula is C54H44Br2Cl4F2O4. The monoisotopic (exact) mass is 1090 g/mol. The van der Waals surface area contributed by atoms with Crippen molar-refractivity contribution in [2.75, 3.05) is 0 Å². The Bertz CT molecular complexity index is 2810. The topological polar surface area (TPSA) is 68.3 Å². The van der Waals surface area contributed by atoms with Crippen LogP contribution in [0.2, 0.25) is 20.1 Å². The minimum atomic E-state index is -0.240. The van der Waals surface area contributed by atoms with Crippen LogP contribution < -0.4 is 0 Å². The number of ketones is 4. The summed E-state index contributed by atoms with van der Waals surface area (Å²) in [6.45, 7) is 0. The number of hydrogen-bond donors (Lipinski definition) is 0. The van der Waals surface area contributed by atoms with Crippen molar-refractivity contribution in [3.05, 3.63) is 204 Å². The van der Waals surface area contributed by atoms with Crippen molar-refractivity contribution >= 4 is 101 Å². The second-order valence-corrected chi connectivity index (χ2v) is 20.2. The standard InChI is InChI=1S/2C17H14ClFO.2C10H8BrClO/c18-17-8-3-12-10-14(20)6-7-15(12)16(17)9-11-1-4-13(19)5-2-11;18-17-10-12-3-6-16(20)9-13(12)8-14(17)7-11-1-4-15(19)5-2-11;11-10-8-3-2-7(13)5-6(8)1-4-9(10)12;11-9-4-7-3-8(13)2-1-6(7)5-10(9)12/h1-5,8H,6-7,9-10H2;1-2,4-5,8,10H,3,6-7,9H2;1,4H,2-3,5H2;4-5H,1-3H2. The molecule has 66 heavy (non-hydrogen) atoms. The van der Waals surface area contributed by atoms with Gasteiger partial charge in [0.15, 0.2) is 0 Å². The summed E-state index contributed by atoms with van der Waals surface area (Å²) in [5.74, 6) is 0.736. The van der Waals surface area contributed by atoms with Gasteiger partial charge in [0, 0.05) is 70.4 Å². The molecule has 10 rings (SSSR count). The molecule has 6 aromatic rings. The minimum absolute atomic E-state index is 0.236. The number of rotatable bonds is 4. The Kier molecular flexibility index (Phi) is 17.3. The van der Waals surface area contributed by atoms with E-state index < -0.39 is 0 Å². The summed E-state index contributed by atoms with van der Waals surface area (Å²) in [5.41, 5.74) is 13.3. The van der Waals surface area contributed by atoms with Gasteiger partial charge in [-0.2, -0.15) is 0 Å². The van der Waals surface area contributed by atoms with Crippen LogP contribution >= 0.6 is 78.3 Å². The predicted octanol–water partition coefficient (Wildman–Crippen LogP) is 14.6. The molecule has 4 aliphatic carbocycles. The van der Waals surface area contributed by atoms with Crippen molar-refractivity contribution in [1.82, 2.24) is 0 Å². The second-order valence-electron chi connectivity index (χ2n) is 16.9. The van der Waals surface area contributed by atoms with Crippen molar-refractivity contribution < 1.29 is 28.0 Å². The molecule has 0 saturated carbocycles. The zero-order valence-corrected chi connectivity index (χ0v) is 42.0. The first-order valence-corrected chi connectivity index (χ1v) is 24.8. The normalized spacial score (nSPS) is 14.8. The molecule has 0 heterocycles. The van der Waals surface area contributed by atoms with Gasteiger partial charge in [-0.1, -0.05) is 88.9 Å². The third-order valence-electron chi connectivity index (χ3n) is 12.2. The number of hydrogen-bond acceptors (Lipinski definition) is 4. The van der Waals surface area contributed by atoms with Crippen LogP contribution in [0, 0.1) is 11.6 Å². The second kappa shape index (κ2) is 22.9. The first kappa shape index (κ1) is 49.9. The van der Waals surface area contributed by atoms with E-state index in [0.29, 0.717) is 75.8 Å². The summed E-state index contributed by atoms with van der Waals surface area (Å²) < 4.78 is 27.7. The fraction of sp³-hybridized carbons (Fsp3) is 0.259. The van der Waals surface area contributed by atoms with Crippen molar-refractivity contribution in [2.24, 2.45) is 0 Å². The SMILES string of the molecule is O=C1CCc2c(ccc(Cl)c2Br)C1.O=C1CCc2c(ccc(Cl)c2Cc2ccc(F)cc2)C1.O=C1CCc2cc(Cl)c(Br)cc2C1.O=C1CCc2cc(Cl)c(Cc3ccc(F)cc3)cc2C1. The number of aryl methyl sites for hydroxylation is 2. The van der Waals surface area contributed by atoms with Crippen LogP contribution in [0.3, 0.4) is 0 Å². The van der Waals surface area contributed by atoms with Crippen LogP contribution in [0.15, 0.2) is 106 Å². The van der Waals surface area contributed by atoms with Crippen LogP contribution in [0.1, 0.15) is 92.4 Å². The van der Waals surface area contributed by atoms with Gasteiger partial charge >= 0.3 is 0 Å². The molecule has 0 fully saturated rings. The Labute approximate surface area is 420 Å². The fourth-order valence-electron chi connectivity index (χ4n) is 8.63. The van der Waals surface area contributed by atoms with Crippen LogP contribution in [-0.4, -0.2) is 23.1 Å². The van der Waals surface area contributed by atoms with Gasteiger partial charge in [0.25, 0.3) is 0 Å². The van der Waals surface area contributed by atoms with Gasteiger partial charge in [0.2, 0.25) is 0 Å². The average Bonchev–Trinajstić information content (AvgIpc) is 3.29. The van der Waals surface area contributed by atoms with E-state index in [9.17, 15) is 28.0 Å². The Balaban J connectivity index is 0.000000134. The number of fused-ring (bicyclic) bond motifs is 4. The lowest BCUT2D eigenvalue weighted by molar-refractivity contribution is -0.119. The first-order chi connectivity index (χ1) is 31.6. The Morgan fingerprint density at radius 3 is 1.41 bits per heavy atom. The van der Waals surface area contributed by atoms with Crippen LogP contribution in [0.5, 0.6) is 0 Å². The van der Waals surface area contributed by atoms with Gasteiger partial charge in [0.1, 0.15) is 34.8 Å². The lowest BCUT2D eigenvalue weighted by Gasteiger charge is -2.20. The third kappa shape index (κ3) is 13.1. The molecular weight excluding hydrogens is 1050 g/mol. The third-order valence-corrected chi connectivity index (χ3v) is 15.5. The molecule has 0 amide bonds. The van der Waals surface area contributed by atoms with Crippen molar-refractivity contribution in [2.45, 2.75) is 89.9 Å². The zero-order valence-electron chi connectivity index (χ0n) is 35.8. The fourth-order valence-corrected chi connectivity index (χ4v) is 10.5. The van der Waals surface area contributed by atoms with E-state index in [0.717, 1.165) is 99.2 Å². The summed E-state index contributed by atoms with van der Waals surface area (Å²) >= 11 is 31.3. The quantitative estimate of drug-likeness (QED) is 0.176. The molecule has 0 radical (unpaired) electrons. The van der Waals surface area contributed by atoms with Gasteiger partial charge in [-0.3, -0.25) is 19.2 Å². The summed E-state index contributed by atoms with van der Waals surface area (Å²) in [6.07, 6.45) is 9.15. The lowest BCUT2D eigenvalue weighted by atomic mass is 9.85. The lowest BCUT2D eigenvalue weighted by Crippen LogP contribution is -2.15. The molecule has 0 unspecified atom stereocenters. The van der Waals surface area contributed by atoms with Crippen LogP contribution in [0.4, 0.5) is 8.78 Å². The van der Waals surface area contributed by atoms with E-state index in [4.69, 9.17) is 46.4 Å². The van der Waals surface area contributed by atoms with Crippen LogP contribution in [0.25, 0.3) is 0 Å². The van der Waals surface area contributed by atoms with Crippen molar-refractivity contribution in [3.8, 4) is 0 Å². The predicted molar refractivity (Wildman–Crippen MR) is 268 cm³/mol. The Hall–Kier alpha value is -4.02. The smallest absolute Gasteiger partial charge is 0.137 e. The van der Waals surface area contributed by atoms with Gasteiger partial charge < -0.3 is 0 Å². The van der Waals surface area contributed by atoms with E-state index in [2.05, 4.69) is 31.9 Å². The summed E-state index contributed by atoms with van der Waals surface area (Å²) in [7, 11) is 0. The molecule has 6 aromatic carbocycles. The number of carbonyl (C=O) groups is 4. The highest BCUT2D eigenvalue weighted by atomic mass is 79.9. The van der Waals surface area contributed by atoms with Crippen molar-refractivity contribution in [3.63, 3.8) is 0 Å². The first-order valence-electron chi connectivity index (χ1n) is 21.7. The maximum atomic E-state index is 13.0. The molecule has 0 aliphatic heterocycles. The Morgan fingerprint density at radius 1 is 0.409 bits per heavy atom. The molecule has 340 valence electrons. The van der Waals surface area contributed by atoms with E-state index in [-0.39, 0.29) is 23.2 Å². The van der Waals surface area contributed by atoms with E-state index in [1.165, 1.54) is 46.5 Å². The molecule has 0 atom stereocenters. The molecule has 0 N–H and O–H groups in total. The number of halogens is 8. The van der Waals surface area contributed by atoms with Gasteiger partial charge in [-0.05, 0) is 192 Å². The maximum absolute atomic E-state index is 13.0. The molecule has 4 aliphatic rings. The van der Waals surface area contributed by atoms with Crippen LogP contribution in [-0.2, 0) is 83.4 Å². The minimum Gasteiger partial charge on any atom is -0.299 e. The molecule has 0 aromatic heterocycles. The molecule has 0 spiro atoms. The largest absolute Gasteiger partial charge is 0.299 e. The summed E-state index contributed by atoms with van der Waals surface area (Å²) in [5, 5.41) is 2.91.